The number of hydrogen-bond donors (Lipinski definition) is 0. The van der Waals surface area contributed by atoms with E-state index in [4.69, 9.17) is 16.3 Å². The van der Waals surface area contributed by atoms with Crippen molar-refractivity contribution in [3.63, 3.8) is 0 Å². The zero-order chi connectivity index (χ0) is 9.68. The Morgan fingerprint density at radius 2 is 2.23 bits per heavy atom. The van der Waals surface area contributed by atoms with Crippen LogP contribution in [-0.4, -0.2) is 18.1 Å². The van der Waals surface area contributed by atoms with Crippen molar-refractivity contribution in [1.29, 1.82) is 0 Å². The van der Waals surface area contributed by atoms with Gasteiger partial charge in [-0.15, -0.1) is 11.6 Å². The van der Waals surface area contributed by atoms with Crippen LogP contribution in [0.2, 0.25) is 0 Å². The molecule has 2 unspecified atom stereocenters. The van der Waals surface area contributed by atoms with Crippen LogP contribution >= 0.6 is 11.6 Å². The van der Waals surface area contributed by atoms with E-state index in [2.05, 4.69) is 13.8 Å². The molecule has 1 fully saturated rings. The molecule has 0 aromatic carbocycles. The number of rotatable bonds is 5. The molecule has 0 N–H and O–H groups in total. The Bertz CT molecular complexity index is 128. The Morgan fingerprint density at radius 1 is 1.46 bits per heavy atom. The molecule has 0 saturated carbocycles. The molecule has 2 atom stereocenters. The number of alkyl halides is 1. The minimum Gasteiger partial charge on any atom is -0.378 e. The van der Waals surface area contributed by atoms with Gasteiger partial charge in [0.2, 0.25) is 0 Å². The molecule has 13 heavy (non-hydrogen) atoms. The van der Waals surface area contributed by atoms with Gasteiger partial charge in [0.15, 0.2) is 0 Å². The average molecular weight is 205 g/mol. The zero-order valence-corrected chi connectivity index (χ0v) is 9.52. The van der Waals surface area contributed by atoms with Gasteiger partial charge >= 0.3 is 0 Å². The molecule has 1 aliphatic heterocycles. The van der Waals surface area contributed by atoms with Crippen LogP contribution in [-0.2, 0) is 4.74 Å². The van der Waals surface area contributed by atoms with Gasteiger partial charge in [-0.1, -0.05) is 13.8 Å². The molecule has 0 aliphatic carbocycles. The zero-order valence-electron chi connectivity index (χ0n) is 8.76. The van der Waals surface area contributed by atoms with Gasteiger partial charge in [0.05, 0.1) is 6.10 Å². The van der Waals surface area contributed by atoms with Gasteiger partial charge in [-0.25, -0.2) is 0 Å². The third-order valence-corrected chi connectivity index (χ3v) is 3.48. The highest BCUT2D eigenvalue weighted by molar-refractivity contribution is 6.20. The van der Waals surface area contributed by atoms with Crippen molar-refractivity contribution >= 4 is 11.6 Å². The summed E-state index contributed by atoms with van der Waals surface area (Å²) in [4.78, 5) is 0. The third kappa shape index (κ3) is 4.33. The molecule has 0 aromatic rings. The van der Waals surface area contributed by atoms with Crippen molar-refractivity contribution in [3.05, 3.63) is 0 Å². The molecule has 1 rings (SSSR count). The van der Waals surface area contributed by atoms with Crippen LogP contribution in [0.3, 0.4) is 0 Å². The molecule has 0 amide bonds. The van der Waals surface area contributed by atoms with E-state index in [-0.39, 0.29) is 0 Å². The summed E-state index contributed by atoms with van der Waals surface area (Å²) in [6, 6.07) is 0. The van der Waals surface area contributed by atoms with E-state index in [9.17, 15) is 0 Å². The van der Waals surface area contributed by atoms with Gasteiger partial charge in [-0.2, -0.15) is 0 Å². The Morgan fingerprint density at radius 3 is 2.77 bits per heavy atom. The summed E-state index contributed by atoms with van der Waals surface area (Å²) >= 11 is 6.16. The van der Waals surface area contributed by atoms with E-state index in [1.807, 2.05) is 0 Å². The van der Waals surface area contributed by atoms with Gasteiger partial charge < -0.3 is 4.74 Å². The molecule has 1 nitrogen and oxygen atoms in total. The summed E-state index contributed by atoms with van der Waals surface area (Å²) in [6.07, 6.45) is 6.61. The largest absolute Gasteiger partial charge is 0.378 e. The molecule has 1 aliphatic rings. The SMILES string of the molecule is CC(C)C(Cl)CCCC1CCCO1. The minimum absolute atomic E-state index is 0.349. The Labute approximate surface area is 86.8 Å². The van der Waals surface area contributed by atoms with Crippen LogP contribution in [0.5, 0.6) is 0 Å². The lowest BCUT2D eigenvalue weighted by Crippen LogP contribution is -2.10. The molecule has 0 spiro atoms. The second kappa shape index (κ2) is 5.87. The smallest absolute Gasteiger partial charge is 0.0576 e. The Hall–Kier alpha value is 0.250. The van der Waals surface area contributed by atoms with Crippen molar-refractivity contribution in [2.24, 2.45) is 5.92 Å². The fourth-order valence-corrected chi connectivity index (χ4v) is 1.90. The highest BCUT2D eigenvalue weighted by Gasteiger charge is 2.16. The van der Waals surface area contributed by atoms with Crippen LogP contribution in [0.15, 0.2) is 0 Å². The van der Waals surface area contributed by atoms with Crippen molar-refractivity contribution in [2.75, 3.05) is 6.61 Å². The molecular weight excluding hydrogens is 184 g/mol. The van der Waals surface area contributed by atoms with Crippen LogP contribution in [0, 0.1) is 5.92 Å². The van der Waals surface area contributed by atoms with E-state index in [1.54, 1.807) is 0 Å². The molecule has 2 heteroatoms. The Kier molecular flexibility index (Phi) is 5.12. The lowest BCUT2D eigenvalue weighted by molar-refractivity contribution is 0.102. The molecule has 0 bridgehead atoms. The van der Waals surface area contributed by atoms with E-state index in [0.717, 1.165) is 13.0 Å². The normalized spacial score (nSPS) is 25.4. The summed E-state index contributed by atoms with van der Waals surface area (Å²) < 4.78 is 5.55. The maximum atomic E-state index is 6.16. The average Bonchev–Trinajstić information content (AvgIpc) is 2.56. The highest BCUT2D eigenvalue weighted by Crippen LogP contribution is 2.21. The topological polar surface area (TPSA) is 9.23 Å². The molecular formula is C11H21ClO. The standard InChI is InChI=1S/C11H21ClO/c1-9(2)11(12)7-3-5-10-6-4-8-13-10/h9-11H,3-8H2,1-2H3. The summed E-state index contributed by atoms with van der Waals surface area (Å²) in [7, 11) is 0. The van der Waals surface area contributed by atoms with Gasteiger partial charge in [-0.05, 0) is 38.0 Å². The fourth-order valence-electron chi connectivity index (χ4n) is 1.75. The van der Waals surface area contributed by atoms with Gasteiger partial charge in [0.25, 0.3) is 0 Å². The summed E-state index contributed by atoms with van der Waals surface area (Å²) in [6.45, 7) is 5.34. The third-order valence-electron chi connectivity index (χ3n) is 2.75. The summed E-state index contributed by atoms with van der Waals surface area (Å²) in [5.41, 5.74) is 0. The lowest BCUT2D eigenvalue weighted by atomic mass is 10.0. The van der Waals surface area contributed by atoms with Crippen molar-refractivity contribution in [3.8, 4) is 0 Å². The predicted molar refractivity (Wildman–Crippen MR) is 57.3 cm³/mol. The maximum absolute atomic E-state index is 6.16. The van der Waals surface area contributed by atoms with Gasteiger partial charge in [-0.3, -0.25) is 0 Å². The van der Waals surface area contributed by atoms with Crippen LogP contribution in [0.4, 0.5) is 0 Å². The lowest BCUT2D eigenvalue weighted by Gasteiger charge is -2.14. The first-order chi connectivity index (χ1) is 6.20. The highest BCUT2D eigenvalue weighted by atomic mass is 35.5. The first kappa shape index (κ1) is 11.3. The van der Waals surface area contributed by atoms with Crippen LogP contribution in [0.1, 0.15) is 46.0 Å². The number of halogens is 1. The van der Waals surface area contributed by atoms with E-state index in [1.165, 1.54) is 25.7 Å². The quantitative estimate of drug-likeness (QED) is 0.622. The van der Waals surface area contributed by atoms with Crippen molar-refractivity contribution in [1.82, 2.24) is 0 Å². The summed E-state index contributed by atoms with van der Waals surface area (Å²) in [5, 5.41) is 0.349. The first-order valence-electron chi connectivity index (χ1n) is 5.46. The Balaban J connectivity index is 1.99. The second-order valence-electron chi connectivity index (χ2n) is 4.33. The van der Waals surface area contributed by atoms with Crippen LogP contribution in [0.25, 0.3) is 0 Å². The number of hydrogen-bond acceptors (Lipinski definition) is 1. The van der Waals surface area contributed by atoms with E-state index in [0.29, 0.717) is 17.4 Å². The van der Waals surface area contributed by atoms with Crippen molar-refractivity contribution < 1.29 is 4.74 Å². The molecule has 0 aromatic heterocycles. The predicted octanol–water partition coefficient (Wildman–Crippen LogP) is 3.60. The number of ether oxygens (including phenoxy) is 1. The summed E-state index contributed by atoms with van der Waals surface area (Å²) in [5.74, 6) is 0.603. The van der Waals surface area contributed by atoms with E-state index >= 15 is 0 Å². The fraction of sp³-hybridized carbons (Fsp3) is 1.00. The van der Waals surface area contributed by atoms with Gasteiger partial charge in [0.1, 0.15) is 0 Å². The molecule has 1 saturated heterocycles. The van der Waals surface area contributed by atoms with E-state index < -0.39 is 0 Å². The molecule has 0 radical (unpaired) electrons. The van der Waals surface area contributed by atoms with Crippen molar-refractivity contribution in [2.45, 2.75) is 57.4 Å². The van der Waals surface area contributed by atoms with Crippen LogP contribution < -0.4 is 0 Å². The minimum atomic E-state index is 0.349. The molecule has 1 heterocycles. The maximum Gasteiger partial charge on any atom is 0.0576 e. The second-order valence-corrected chi connectivity index (χ2v) is 4.89. The monoisotopic (exact) mass is 204 g/mol. The first-order valence-corrected chi connectivity index (χ1v) is 5.89. The van der Waals surface area contributed by atoms with Gasteiger partial charge in [0, 0.05) is 12.0 Å². The molecule has 78 valence electrons.